The van der Waals surface area contributed by atoms with E-state index in [-0.39, 0.29) is 25.5 Å². The lowest BCUT2D eigenvalue weighted by Gasteiger charge is -2.34. The van der Waals surface area contributed by atoms with Gasteiger partial charge in [-0.15, -0.1) is 0 Å². The van der Waals surface area contributed by atoms with Crippen molar-refractivity contribution in [2.45, 2.75) is 18.9 Å². The first-order chi connectivity index (χ1) is 9.29. The molecule has 0 radical (unpaired) electrons. The molecule has 6 heteroatoms. The van der Waals surface area contributed by atoms with Crippen LogP contribution in [-0.4, -0.2) is 37.2 Å². The third-order valence-corrected chi connectivity index (χ3v) is 3.34. The topological polar surface area (TPSA) is 68.2 Å². The van der Waals surface area contributed by atoms with Crippen molar-refractivity contribution in [3.8, 4) is 11.5 Å². The zero-order chi connectivity index (χ0) is 13.2. The molecule has 0 aliphatic carbocycles. The molecule has 1 fully saturated rings. The second-order valence-corrected chi connectivity index (χ2v) is 4.48. The van der Waals surface area contributed by atoms with Crippen LogP contribution in [0.1, 0.15) is 12.8 Å². The number of fused-ring (bicyclic) bond motifs is 1. The van der Waals surface area contributed by atoms with E-state index in [1.165, 1.54) is 0 Å². The number of rotatable bonds is 3. The lowest BCUT2D eigenvalue weighted by atomic mass is 10.1. The van der Waals surface area contributed by atoms with Gasteiger partial charge in [-0.3, -0.25) is 4.90 Å². The highest BCUT2D eigenvalue weighted by Gasteiger charge is 2.31. The van der Waals surface area contributed by atoms with Gasteiger partial charge in [0.2, 0.25) is 6.79 Å². The monoisotopic (exact) mass is 265 g/mol. The molecule has 1 aromatic carbocycles. The molecule has 0 aromatic heterocycles. The molecule has 1 amide bonds. The lowest BCUT2D eigenvalue weighted by molar-refractivity contribution is 0.124. The summed E-state index contributed by atoms with van der Waals surface area (Å²) in [6, 6.07) is 5.28. The van der Waals surface area contributed by atoms with Gasteiger partial charge in [0, 0.05) is 25.1 Å². The van der Waals surface area contributed by atoms with Crippen molar-refractivity contribution in [2.75, 3.05) is 24.9 Å². The van der Waals surface area contributed by atoms with Gasteiger partial charge < -0.3 is 19.3 Å². The van der Waals surface area contributed by atoms with Crippen molar-refractivity contribution in [3.05, 3.63) is 18.2 Å². The summed E-state index contributed by atoms with van der Waals surface area (Å²) in [6.07, 6.45) is 0.855. The lowest BCUT2D eigenvalue weighted by Crippen LogP contribution is -2.46. The molecule has 1 aromatic rings. The standard InChI is InChI=1S/C13H15NO5/c15-5-3-9-4-6-17-13(16)14(9)10-1-2-11-12(7-10)19-8-18-11/h1-2,7,9,15H,3-6,8H2. The summed E-state index contributed by atoms with van der Waals surface area (Å²) in [4.78, 5) is 13.5. The number of aliphatic hydroxyl groups is 1. The van der Waals surface area contributed by atoms with Crippen molar-refractivity contribution >= 4 is 11.8 Å². The van der Waals surface area contributed by atoms with Crippen LogP contribution in [0.3, 0.4) is 0 Å². The number of hydrogen-bond donors (Lipinski definition) is 1. The molecule has 2 aliphatic rings. The number of ether oxygens (including phenoxy) is 3. The highest BCUT2D eigenvalue weighted by molar-refractivity contribution is 5.89. The van der Waals surface area contributed by atoms with E-state index in [2.05, 4.69) is 0 Å². The van der Waals surface area contributed by atoms with E-state index in [9.17, 15) is 4.79 Å². The zero-order valence-corrected chi connectivity index (χ0v) is 10.4. The number of anilines is 1. The summed E-state index contributed by atoms with van der Waals surface area (Å²) >= 11 is 0. The summed E-state index contributed by atoms with van der Waals surface area (Å²) in [5.41, 5.74) is 0.701. The molecule has 0 bridgehead atoms. The maximum atomic E-state index is 11.9. The minimum absolute atomic E-state index is 0.0407. The SMILES string of the molecule is O=C1OCCC(CCO)N1c1ccc2c(c1)OCO2. The fourth-order valence-corrected chi connectivity index (χ4v) is 2.40. The zero-order valence-electron chi connectivity index (χ0n) is 10.4. The normalized spacial score (nSPS) is 21.4. The van der Waals surface area contributed by atoms with Crippen molar-refractivity contribution in [2.24, 2.45) is 0 Å². The Hall–Kier alpha value is -1.95. The fraction of sp³-hybridized carbons (Fsp3) is 0.462. The van der Waals surface area contributed by atoms with Crippen LogP contribution in [0.2, 0.25) is 0 Å². The first kappa shape index (κ1) is 12.1. The van der Waals surface area contributed by atoms with Gasteiger partial charge in [0.15, 0.2) is 11.5 Å². The molecular weight excluding hydrogens is 250 g/mol. The first-order valence-corrected chi connectivity index (χ1v) is 6.26. The average molecular weight is 265 g/mol. The van der Waals surface area contributed by atoms with Gasteiger partial charge in [0.1, 0.15) is 0 Å². The van der Waals surface area contributed by atoms with Crippen molar-refractivity contribution in [1.29, 1.82) is 0 Å². The summed E-state index contributed by atoms with van der Waals surface area (Å²) in [5, 5.41) is 9.10. The van der Waals surface area contributed by atoms with E-state index in [0.29, 0.717) is 36.6 Å². The first-order valence-electron chi connectivity index (χ1n) is 6.26. The largest absolute Gasteiger partial charge is 0.454 e. The Bertz CT molecular complexity index is 488. The minimum atomic E-state index is -0.386. The van der Waals surface area contributed by atoms with Crippen LogP contribution in [0.15, 0.2) is 18.2 Å². The molecule has 1 N–H and O–H groups in total. The van der Waals surface area contributed by atoms with E-state index < -0.39 is 0 Å². The molecule has 2 heterocycles. The Morgan fingerprint density at radius 2 is 2.11 bits per heavy atom. The second kappa shape index (κ2) is 4.97. The van der Waals surface area contributed by atoms with Crippen LogP contribution < -0.4 is 14.4 Å². The number of amides is 1. The molecule has 19 heavy (non-hydrogen) atoms. The van der Waals surface area contributed by atoms with Crippen LogP contribution in [0.5, 0.6) is 11.5 Å². The van der Waals surface area contributed by atoms with Crippen LogP contribution in [0.4, 0.5) is 10.5 Å². The van der Waals surface area contributed by atoms with Gasteiger partial charge in [-0.25, -0.2) is 4.79 Å². The molecule has 1 saturated heterocycles. The predicted octanol–water partition coefficient (Wildman–Crippen LogP) is 1.51. The average Bonchev–Trinajstić information content (AvgIpc) is 2.86. The smallest absolute Gasteiger partial charge is 0.414 e. The maximum Gasteiger partial charge on any atom is 0.414 e. The van der Waals surface area contributed by atoms with Gasteiger partial charge in [0.05, 0.1) is 12.3 Å². The van der Waals surface area contributed by atoms with Gasteiger partial charge in [0.25, 0.3) is 0 Å². The second-order valence-electron chi connectivity index (χ2n) is 4.48. The van der Waals surface area contributed by atoms with E-state index in [1.807, 2.05) is 0 Å². The highest BCUT2D eigenvalue weighted by atomic mass is 16.7. The van der Waals surface area contributed by atoms with Crippen LogP contribution in [0.25, 0.3) is 0 Å². The van der Waals surface area contributed by atoms with E-state index in [1.54, 1.807) is 23.1 Å². The number of aliphatic hydroxyl groups excluding tert-OH is 1. The van der Waals surface area contributed by atoms with Crippen LogP contribution in [0, 0.1) is 0 Å². The Kier molecular flexibility index (Phi) is 3.16. The summed E-state index contributed by atoms with van der Waals surface area (Å²) in [6.45, 7) is 0.632. The number of benzene rings is 1. The molecule has 2 aliphatic heterocycles. The number of nitrogens with zero attached hydrogens (tertiary/aromatic N) is 1. The molecule has 1 atom stereocenters. The maximum absolute atomic E-state index is 11.9. The summed E-state index contributed by atoms with van der Waals surface area (Å²) in [7, 11) is 0. The number of carbonyl (C=O) groups excluding carboxylic acids is 1. The molecule has 0 saturated carbocycles. The van der Waals surface area contributed by atoms with Crippen molar-refractivity contribution < 1.29 is 24.1 Å². The van der Waals surface area contributed by atoms with Gasteiger partial charge in [-0.05, 0) is 18.6 Å². The van der Waals surface area contributed by atoms with E-state index in [0.717, 1.165) is 0 Å². The molecule has 1 unspecified atom stereocenters. The Balaban J connectivity index is 1.90. The predicted molar refractivity (Wildman–Crippen MR) is 66.5 cm³/mol. The van der Waals surface area contributed by atoms with Crippen LogP contribution in [-0.2, 0) is 4.74 Å². The Morgan fingerprint density at radius 1 is 1.26 bits per heavy atom. The molecule has 3 rings (SSSR count). The van der Waals surface area contributed by atoms with Crippen LogP contribution >= 0.6 is 0 Å². The molecule has 102 valence electrons. The number of cyclic esters (lactones) is 1. The number of carbonyl (C=O) groups is 1. The van der Waals surface area contributed by atoms with E-state index >= 15 is 0 Å². The summed E-state index contributed by atoms with van der Waals surface area (Å²) in [5.74, 6) is 1.30. The third kappa shape index (κ3) is 2.19. The Morgan fingerprint density at radius 3 is 2.95 bits per heavy atom. The van der Waals surface area contributed by atoms with Gasteiger partial charge in [-0.1, -0.05) is 0 Å². The molecule has 6 nitrogen and oxygen atoms in total. The van der Waals surface area contributed by atoms with Gasteiger partial charge in [-0.2, -0.15) is 0 Å². The molecular formula is C13H15NO5. The van der Waals surface area contributed by atoms with Crippen molar-refractivity contribution in [3.63, 3.8) is 0 Å². The third-order valence-electron chi connectivity index (χ3n) is 3.34. The summed E-state index contributed by atoms with van der Waals surface area (Å²) < 4.78 is 15.6. The Labute approximate surface area is 110 Å². The quantitative estimate of drug-likeness (QED) is 0.897. The highest BCUT2D eigenvalue weighted by Crippen LogP contribution is 2.37. The van der Waals surface area contributed by atoms with E-state index in [4.69, 9.17) is 19.3 Å². The minimum Gasteiger partial charge on any atom is -0.454 e. The van der Waals surface area contributed by atoms with Crippen molar-refractivity contribution in [1.82, 2.24) is 0 Å². The van der Waals surface area contributed by atoms with Gasteiger partial charge >= 0.3 is 6.09 Å². The fourth-order valence-electron chi connectivity index (χ4n) is 2.40. The number of hydrogen-bond acceptors (Lipinski definition) is 5. The molecule has 0 spiro atoms.